The normalized spacial score (nSPS) is 50.4. The van der Waals surface area contributed by atoms with E-state index in [0.717, 1.165) is 49.7 Å². The van der Waals surface area contributed by atoms with Crippen LogP contribution in [0, 0.1) is 46.3 Å². The summed E-state index contributed by atoms with van der Waals surface area (Å²) >= 11 is 0. The highest BCUT2D eigenvalue weighted by molar-refractivity contribution is 5.75. The summed E-state index contributed by atoms with van der Waals surface area (Å²) in [6.45, 7) is 17.7. The lowest BCUT2D eigenvalue weighted by atomic mass is 9.46. The first-order valence-electron chi connectivity index (χ1n) is 22.9. The minimum absolute atomic E-state index is 0.0481. The third-order valence-corrected chi connectivity index (χ3v) is 16.9. The van der Waals surface area contributed by atoms with Crippen LogP contribution in [0.2, 0.25) is 0 Å². The van der Waals surface area contributed by atoms with Gasteiger partial charge in [0.05, 0.1) is 37.6 Å². The Morgan fingerprint density at radius 2 is 1.74 bits per heavy atom. The molecule has 15 nitrogen and oxygen atoms in total. The number of aliphatic hydroxyl groups excluding tert-OH is 5. The van der Waals surface area contributed by atoms with Crippen LogP contribution in [0.4, 0.5) is 0 Å². The van der Waals surface area contributed by atoms with Gasteiger partial charge in [-0.15, -0.1) is 0 Å². The number of rotatable bonds is 9. The van der Waals surface area contributed by atoms with Crippen molar-refractivity contribution < 1.29 is 73.0 Å². The second-order valence-corrected chi connectivity index (χ2v) is 20.3. The summed E-state index contributed by atoms with van der Waals surface area (Å²) in [5.41, 5.74) is 1.76. The van der Waals surface area contributed by atoms with Crippen LogP contribution in [0.25, 0.3) is 0 Å². The van der Waals surface area contributed by atoms with E-state index in [1.54, 1.807) is 6.92 Å². The highest BCUT2D eigenvalue weighted by Gasteiger charge is 2.69. The minimum Gasteiger partial charge on any atom is -0.455 e. The van der Waals surface area contributed by atoms with Crippen LogP contribution in [0.5, 0.6) is 0 Å². The highest BCUT2D eigenvalue weighted by Crippen LogP contribution is 2.71. The molecule has 4 aliphatic heterocycles. The first-order chi connectivity index (χ1) is 28.8. The first kappa shape index (κ1) is 45.5. The Kier molecular flexibility index (Phi) is 12.8. The molecule has 8 aliphatic rings. The molecule has 0 aromatic heterocycles. The van der Waals surface area contributed by atoms with Crippen molar-refractivity contribution in [3.8, 4) is 0 Å². The van der Waals surface area contributed by atoms with Crippen LogP contribution in [-0.2, 0) is 47.5 Å². The molecular weight excluding hydrogens is 792 g/mol. The number of ether oxygens (including phenoxy) is 8. The van der Waals surface area contributed by atoms with E-state index in [-0.39, 0.29) is 36.4 Å². The number of fused-ring (bicyclic) bond motifs is 7. The van der Waals surface area contributed by atoms with E-state index in [9.17, 15) is 35.1 Å². The molecule has 8 rings (SSSR count). The highest BCUT2D eigenvalue weighted by atomic mass is 16.8. The van der Waals surface area contributed by atoms with Gasteiger partial charge in [0.15, 0.2) is 42.8 Å². The van der Waals surface area contributed by atoms with Gasteiger partial charge in [-0.05, 0) is 80.5 Å². The Balaban J connectivity index is 1.08. The van der Waals surface area contributed by atoms with Crippen molar-refractivity contribution in [2.75, 3.05) is 13.2 Å². The summed E-state index contributed by atoms with van der Waals surface area (Å²) in [6.07, 6.45) is -6.15. The second kappa shape index (κ2) is 17.1. The largest absolute Gasteiger partial charge is 0.455 e. The molecule has 0 bridgehead atoms. The van der Waals surface area contributed by atoms with Crippen molar-refractivity contribution in [1.29, 1.82) is 0 Å². The number of allylic oxidation sites excluding steroid dienone is 1. The topological polar surface area (TPSA) is 209 Å². The van der Waals surface area contributed by atoms with Crippen LogP contribution in [0.3, 0.4) is 0 Å². The summed E-state index contributed by atoms with van der Waals surface area (Å²) < 4.78 is 50.7. The van der Waals surface area contributed by atoms with Gasteiger partial charge in [-0.2, -0.15) is 0 Å². The molecule has 4 heterocycles. The zero-order valence-corrected chi connectivity index (χ0v) is 36.9. The van der Waals surface area contributed by atoms with E-state index in [1.165, 1.54) is 13.8 Å². The molecule has 0 radical (unpaired) electrons. The summed E-state index contributed by atoms with van der Waals surface area (Å²) in [4.78, 5) is 26.0. The van der Waals surface area contributed by atoms with Crippen molar-refractivity contribution in [3.05, 3.63) is 23.8 Å². The van der Waals surface area contributed by atoms with Crippen LogP contribution in [0.15, 0.2) is 23.8 Å². The van der Waals surface area contributed by atoms with Crippen LogP contribution in [0.1, 0.15) is 106 Å². The molecule has 0 amide bonds. The van der Waals surface area contributed by atoms with E-state index in [1.807, 2.05) is 6.92 Å². The zero-order valence-electron chi connectivity index (χ0n) is 36.9. The third kappa shape index (κ3) is 7.76. The molecule has 7 fully saturated rings. The van der Waals surface area contributed by atoms with E-state index in [2.05, 4.69) is 33.4 Å². The first-order valence-corrected chi connectivity index (χ1v) is 22.9. The Bertz CT molecular complexity index is 1680. The Morgan fingerprint density at radius 1 is 0.984 bits per heavy atom. The van der Waals surface area contributed by atoms with Gasteiger partial charge in [0.1, 0.15) is 18.3 Å². The fourth-order valence-electron chi connectivity index (χ4n) is 13.3. The fourth-order valence-corrected chi connectivity index (χ4v) is 13.3. The molecule has 1 spiro atoms. The van der Waals surface area contributed by atoms with E-state index in [0.29, 0.717) is 37.2 Å². The maximum atomic E-state index is 13.2. The van der Waals surface area contributed by atoms with Gasteiger partial charge < -0.3 is 63.4 Å². The van der Waals surface area contributed by atoms with Gasteiger partial charge in [-0.1, -0.05) is 64.8 Å². The van der Waals surface area contributed by atoms with E-state index >= 15 is 0 Å². The Morgan fingerprint density at radius 3 is 2.43 bits per heavy atom. The summed E-state index contributed by atoms with van der Waals surface area (Å²) in [5.74, 6) is -1.12. The van der Waals surface area contributed by atoms with Gasteiger partial charge >= 0.3 is 11.9 Å². The monoisotopic (exact) mass is 862 g/mol. The molecule has 5 N–H and O–H groups in total. The minimum atomic E-state index is -1.73. The molecular formula is C46H70O15. The van der Waals surface area contributed by atoms with Crippen molar-refractivity contribution >= 4 is 11.9 Å². The van der Waals surface area contributed by atoms with Crippen molar-refractivity contribution in [2.24, 2.45) is 46.3 Å². The predicted molar refractivity (Wildman–Crippen MR) is 216 cm³/mol. The number of aliphatic hydroxyl groups is 5. The zero-order chi connectivity index (χ0) is 43.9. The molecule has 0 aromatic carbocycles. The summed E-state index contributed by atoms with van der Waals surface area (Å²) in [5, 5.41) is 54.4. The van der Waals surface area contributed by atoms with Gasteiger partial charge in [0.25, 0.3) is 0 Å². The van der Waals surface area contributed by atoms with Gasteiger partial charge in [0, 0.05) is 31.1 Å². The van der Waals surface area contributed by atoms with Crippen LogP contribution in [-0.4, -0.2) is 136 Å². The van der Waals surface area contributed by atoms with Gasteiger partial charge in [-0.25, -0.2) is 4.79 Å². The van der Waals surface area contributed by atoms with Crippen molar-refractivity contribution in [2.45, 2.75) is 192 Å². The average Bonchev–Trinajstić information content (AvgIpc) is 3.67. The van der Waals surface area contributed by atoms with E-state index < -0.39 is 103 Å². The summed E-state index contributed by atoms with van der Waals surface area (Å²) in [6, 6.07) is 0. The number of esters is 2. The smallest absolute Gasteiger partial charge is 0.335 e. The Hall–Kier alpha value is -2.02. The maximum Gasteiger partial charge on any atom is 0.335 e. The molecule has 3 saturated carbocycles. The van der Waals surface area contributed by atoms with Crippen LogP contribution >= 0.6 is 0 Å². The molecule has 61 heavy (non-hydrogen) atoms. The maximum absolute atomic E-state index is 13.2. The second-order valence-electron chi connectivity index (χ2n) is 20.3. The number of carbonyl (C=O) groups excluding carboxylic acids is 2. The van der Waals surface area contributed by atoms with Crippen molar-refractivity contribution in [1.82, 2.24) is 0 Å². The average molecular weight is 863 g/mol. The molecule has 4 saturated heterocycles. The predicted octanol–water partition coefficient (Wildman–Crippen LogP) is 3.45. The number of hydrogen-bond acceptors (Lipinski definition) is 15. The molecule has 4 aliphatic carbocycles. The Labute approximate surface area is 359 Å². The molecule has 0 unspecified atom stereocenters. The van der Waals surface area contributed by atoms with Crippen LogP contribution < -0.4 is 0 Å². The standard InChI is InChI=1S/C46H70O15/c1-9-22(3)35(49)41(53)58-32-20-54-43(40(39(32)57-25(6)47)60-42-38(52)37(51)36(50)24(5)56-42)59-33-17-27(48)16-26-10-11-28-29(45(26,33)8)13-14-44(7)30(28)18-31-34(44)23(4)46(61-31)15-12-21(2)19-55-46/h10,22-24,27-40,42-43,48-52H,2,9,11-20H2,1,3-8H3/t22-,23-,24-,27+,28+,29-,30-,31-,32-,33+,34-,35-,36-,37+,38+,39-,40+,42-,43-,44-,45-,46+/m0/s1. The third-order valence-electron chi connectivity index (χ3n) is 16.9. The quantitative estimate of drug-likeness (QED) is 0.166. The van der Waals surface area contributed by atoms with E-state index in [4.69, 9.17) is 37.9 Å². The lowest BCUT2D eigenvalue weighted by Crippen LogP contribution is -2.64. The fraction of sp³-hybridized carbons (Fsp3) is 0.870. The number of hydrogen-bond donors (Lipinski definition) is 5. The molecule has 0 aromatic rings. The van der Waals surface area contributed by atoms with Gasteiger partial charge in [-0.3, -0.25) is 4.79 Å². The molecule has 344 valence electrons. The number of carbonyl (C=O) groups is 2. The van der Waals surface area contributed by atoms with Crippen molar-refractivity contribution in [3.63, 3.8) is 0 Å². The SMILES string of the molecule is C=C1CC[C@@]2(OC1)O[C@H]1C[C@H]3[C@@H]4CC=C5C[C@@H](O)C[C@@H](O[C@@H]6OC[C@H](OC(=O)[C@@H](O)[C@@H](C)CC)[C@H](OC(C)=O)[C@H]6O[C@@H]6O[C@@H](C)[C@H](O)[C@@H](O)[C@H]6O)[C@]5(C)[C@H]4CC[C@]3(C)[C@H]1[C@@H]2C. The lowest BCUT2D eigenvalue weighted by Gasteiger charge is -2.60. The lowest BCUT2D eigenvalue weighted by molar-refractivity contribution is -0.363. The summed E-state index contributed by atoms with van der Waals surface area (Å²) in [7, 11) is 0. The van der Waals surface area contributed by atoms with Gasteiger partial charge in [0.2, 0.25) is 0 Å². The molecule has 22 atom stereocenters. The molecule has 15 heteroatoms.